The van der Waals surface area contributed by atoms with E-state index < -0.39 is 0 Å². The molecule has 0 atom stereocenters. The maximum absolute atomic E-state index is 3.49. The fourth-order valence-electron chi connectivity index (χ4n) is 3.67. The van der Waals surface area contributed by atoms with Gasteiger partial charge in [0.1, 0.15) is 0 Å². The zero-order chi connectivity index (χ0) is 16.8. The molecule has 0 bridgehead atoms. The maximum atomic E-state index is 3.49. The van der Waals surface area contributed by atoms with E-state index in [-0.39, 0.29) is 12.4 Å². The van der Waals surface area contributed by atoms with Crippen LogP contribution in [0.2, 0.25) is 0 Å². The molecular weight excluding hydrogens is 328 g/mol. The van der Waals surface area contributed by atoms with Gasteiger partial charge >= 0.3 is 0 Å². The molecule has 2 aromatic rings. The minimum absolute atomic E-state index is 0. The van der Waals surface area contributed by atoms with Gasteiger partial charge in [-0.3, -0.25) is 4.90 Å². The molecule has 0 amide bonds. The lowest BCUT2D eigenvalue weighted by Crippen LogP contribution is -2.36. The Morgan fingerprint density at radius 3 is 1.80 bits per heavy atom. The van der Waals surface area contributed by atoms with Gasteiger partial charge in [0.05, 0.1) is 0 Å². The molecule has 136 valence electrons. The van der Waals surface area contributed by atoms with Crippen molar-refractivity contribution < 1.29 is 0 Å². The maximum Gasteiger partial charge on any atom is 0.0240 e. The van der Waals surface area contributed by atoms with E-state index in [1.165, 1.54) is 54.7 Å². The lowest BCUT2D eigenvalue weighted by molar-refractivity contribution is 0.191. The number of piperidine rings is 1. The summed E-state index contributed by atoms with van der Waals surface area (Å²) in [7, 11) is 0. The molecule has 1 aliphatic heterocycles. The second-order valence-corrected chi connectivity index (χ2v) is 7.22. The molecule has 1 fully saturated rings. The fraction of sp³-hybridized carbons (Fsp3) is 0.455. The van der Waals surface area contributed by atoms with Crippen LogP contribution in [0.1, 0.15) is 35.1 Å². The first-order chi connectivity index (χ1) is 11.7. The van der Waals surface area contributed by atoms with Gasteiger partial charge in [-0.25, -0.2) is 0 Å². The predicted molar refractivity (Wildman–Crippen MR) is 109 cm³/mol. The number of rotatable bonds is 6. The lowest BCUT2D eigenvalue weighted by atomic mass is 9.96. The highest BCUT2D eigenvalue weighted by Gasteiger charge is 2.18. The van der Waals surface area contributed by atoms with Crippen molar-refractivity contribution in [1.29, 1.82) is 0 Å². The fourth-order valence-corrected chi connectivity index (χ4v) is 3.67. The molecule has 1 aliphatic rings. The van der Waals surface area contributed by atoms with Crippen LogP contribution in [-0.2, 0) is 13.1 Å². The number of benzene rings is 2. The number of nitrogens with one attached hydrogen (secondary N) is 1. The molecule has 0 unspecified atom stereocenters. The van der Waals surface area contributed by atoms with E-state index in [1.807, 2.05) is 0 Å². The molecular formula is C22H31ClN2. The Morgan fingerprint density at radius 2 is 1.32 bits per heavy atom. The molecule has 2 nitrogen and oxygen atoms in total. The van der Waals surface area contributed by atoms with E-state index in [2.05, 4.69) is 72.6 Å². The second-order valence-electron chi connectivity index (χ2n) is 7.22. The Bertz CT molecular complexity index is 602. The Kier molecular flexibility index (Phi) is 7.95. The Morgan fingerprint density at radius 1 is 0.840 bits per heavy atom. The SMILES string of the molecule is Cc1ccccc1CN(Cc1ccccc1C)CC1CCNCC1.Cl. The summed E-state index contributed by atoms with van der Waals surface area (Å²) in [6, 6.07) is 17.6. The van der Waals surface area contributed by atoms with E-state index in [0.29, 0.717) is 0 Å². The van der Waals surface area contributed by atoms with Crippen molar-refractivity contribution in [2.24, 2.45) is 5.92 Å². The molecule has 1 N–H and O–H groups in total. The van der Waals surface area contributed by atoms with Crippen molar-refractivity contribution in [1.82, 2.24) is 10.2 Å². The van der Waals surface area contributed by atoms with Crippen LogP contribution >= 0.6 is 12.4 Å². The topological polar surface area (TPSA) is 15.3 Å². The average molecular weight is 359 g/mol. The highest BCUT2D eigenvalue weighted by molar-refractivity contribution is 5.85. The van der Waals surface area contributed by atoms with Crippen LogP contribution < -0.4 is 5.32 Å². The Hall–Kier alpha value is -1.35. The van der Waals surface area contributed by atoms with Crippen LogP contribution in [0.4, 0.5) is 0 Å². The van der Waals surface area contributed by atoms with Crippen molar-refractivity contribution in [3.05, 3.63) is 70.8 Å². The van der Waals surface area contributed by atoms with Crippen LogP contribution in [-0.4, -0.2) is 24.5 Å². The third-order valence-corrected chi connectivity index (χ3v) is 5.29. The number of halogens is 1. The first-order valence-electron chi connectivity index (χ1n) is 9.24. The van der Waals surface area contributed by atoms with Gasteiger partial charge in [0.2, 0.25) is 0 Å². The molecule has 3 rings (SSSR count). The molecule has 0 aromatic heterocycles. The van der Waals surface area contributed by atoms with Gasteiger partial charge < -0.3 is 5.32 Å². The van der Waals surface area contributed by atoms with Crippen LogP contribution in [0, 0.1) is 19.8 Å². The van der Waals surface area contributed by atoms with Crippen LogP contribution in [0.3, 0.4) is 0 Å². The predicted octanol–water partition coefficient (Wildman–Crippen LogP) is 4.73. The third-order valence-electron chi connectivity index (χ3n) is 5.29. The van der Waals surface area contributed by atoms with E-state index in [1.54, 1.807) is 0 Å². The zero-order valence-corrected chi connectivity index (χ0v) is 16.3. The summed E-state index contributed by atoms with van der Waals surface area (Å²) < 4.78 is 0. The summed E-state index contributed by atoms with van der Waals surface area (Å²) in [4.78, 5) is 2.65. The van der Waals surface area contributed by atoms with E-state index in [4.69, 9.17) is 0 Å². The molecule has 1 saturated heterocycles. The van der Waals surface area contributed by atoms with Gasteiger partial charge in [0, 0.05) is 19.6 Å². The molecule has 0 saturated carbocycles. The van der Waals surface area contributed by atoms with E-state index >= 15 is 0 Å². The molecule has 0 spiro atoms. The minimum atomic E-state index is 0. The first kappa shape index (κ1) is 20.0. The summed E-state index contributed by atoms with van der Waals surface area (Å²) in [5, 5.41) is 3.49. The van der Waals surface area contributed by atoms with Gasteiger partial charge in [-0.15, -0.1) is 12.4 Å². The second kappa shape index (κ2) is 9.96. The molecule has 0 radical (unpaired) electrons. The zero-order valence-electron chi connectivity index (χ0n) is 15.5. The third kappa shape index (κ3) is 5.85. The van der Waals surface area contributed by atoms with Gasteiger partial charge in [-0.2, -0.15) is 0 Å². The van der Waals surface area contributed by atoms with Crippen molar-refractivity contribution >= 4 is 12.4 Å². The van der Waals surface area contributed by atoms with E-state index in [9.17, 15) is 0 Å². The average Bonchev–Trinajstić information content (AvgIpc) is 2.60. The molecule has 2 aromatic carbocycles. The van der Waals surface area contributed by atoms with Gasteiger partial charge in [-0.05, 0) is 68.0 Å². The van der Waals surface area contributed by atoms with Gasteiger partial charge in [-0.1, -0.05) is 48.5 Å². The summed E-state index contributed by atoms with van der Waals surface area (Å²) in [6.45, 7) is 10.1. The summed E-state index contributed by atoms with van der Waals surface area (Å²) in [5.74, 6) is 0.819. The number of hydrogen-bond donors (Lipinski definition) is 1. The van der Waals surface area contributed by atoms with Gasteiger partial charge in [0.15, 0.2) is 0 Å². The summed E-state index contributed by atoms with van der Waals surface area (Å²) in [5.41, 5.74) is 5.72. The number of hydrogen-bond acceptors (Lipinski definition) is 2. The molecule has 1 heterocycles. The lowest BCUT2D eigenvalue weighted by Gasteiger charge is -2.31. The van der Waals surface area contributed by atoms with Gasteiger partial charge in [0.25, 0.3) is 0 Å². The monoisotopic (exact) mass is 358 g/mol. The number of nitrogens with zero attached hydrogens (tertiary/aromatic N) is 1. The smallest absolute Gasteiger partial charge is 0.0240 e. The highest BCUT2D eigenvalue weighted by atomic mass is 35.5. The minimum Gasteiger partial charge on any atom is -0.317 e. The molecule has 0 aliphatic carbocycles. The summed E-state index contributed by atoms with van der Waals surface area (Å²) >= 11 is 0. The highest BCUT2D eigenvalue weighted by Crippen LogP contribution is 2.20. The first-order valence-corrected chi connectivity index (χ1v) is 9.24. The molecule has 3 heteroatoms. The summed E-state index contributed by atoms with van der Waals surface area (Å²) in [6.07, 6.45) is 2.61. The van der Waals surface area contributed by atoms with Crippen LogP contribution in [0.25, 0.3) is 0 Å². The van der Waals surface area contributed by atoms with Crippen molar-refractivity contribution in [3.8, 4) is 0 Å². The normalized spacial score (nSPS) is 15.2. The van der Waals surface area contributed by atoms with Crippen molar-refractivity contribution in [2.75, 3.05) is 19.6 Å². The van der Waals surface area contributed by atoms with Crippen molar-refractivity contribution in [3.63, 3.8) is 0 Å². The largest absolute Gasteiger partial charge is 0.317 e. The van der Waals surface area contributed by atoms with Crippen LogP contribution in [0.15, 0.2) is 48.5 Å². The van der Waals surface area contributed by atoms with Crippen molar-refractivity contribution in [2.45, 2.75) is 39.8 Å². The quantitative estimate of drug-likeness (QED) is 0.803. The standard InChI is InChI=1S/C22H30N2.ClH/c1-18-7-3-5-9-21(18)16-24(15-20-11-13-23-14-12-20)17-22-10-6-4-8-19(22)2;/h3-10,20,23H,11-17H2,1-2H3;1H. The van der Waals surface area contributed by atoms with E-state index in [0.717, 1.165) is 19.0 Å². The molecule has 25 heavy (non-hydrogen) atoms. The van der Waals surface area contributed by atoms with Crippen LogP contribution in [0.5, 0.6) is 0 Å². The Labute approximate surface area is 159 Å². The Balaban J connectivity index is 0.00000225. The number of aryl methyl sites for hydroxylation is 2.